The molecule has 2 aromatic carbocycles. The molecule has 0 fully saturated rings. The number of nitrogens with one attached hydrogen (secondary N) is 1. The zero-order valence-corrected chi connectivity index (χ0v) is 16.8. The molecule has 150 valence electrons. The Hall–Kier alpha value is -2.30. The third-order valence-corrected chi connectivity index (χ3v) is 6.04. The third-order valence-electron chi connectivity index (χ3n) is 4.15. The van der Waals surface area contributed by atoms with E-state index in [4.69, 9.17) is 11.6 Å². The van der Waals surface area contributed by atoms with Gasteiger partial charge in [0, 0.05) is 40.2 Å². The molecule has 0 aliphatic carbocycles. The van der Waals surface area contributed by atoms with Crippen molar-refractivity contribution >= 4 is 51.1 Å². The number of halogens is 5. The Morgan fingerprint density at radius 3 is 2.72 bits per heavy atom. The van der Waals surface area contributed by atoms with E-state index in [1.807, 2.05) is 0 Å². The van der Waals surface area contributed by atoms with Crippen LogP contribution in [0.1, 0.15) is 11.1 Å². The van der Waals surface area contributed by atoms with Gasteiger partial charge in [0.05, 0.1) is 10.5 Å². The number of nitrogens with zero attached hydrogens (tertiary/aromatic N) is 3. The first-order valence-corrected chi connectivity index (χ1v) is 10.1. The molecular formula is C18H11ClF4N4S2. The van der Waals surface area contributed by atoms with Gasteiger partial charge in [-0.05, 0) is 53.9 Å². The van der Waals surface area contributed by atoms with Gasteiger partial charge < -0.3 is 9.29 Å². The zero-order chi connectivity index (χ0) is 20.6. The van der Waals surface area contributed by atoms with Crippen LogP contribution in [0.15, 0.2) is 53.8 Å². The van der Waals surface area contributed by atoms with Gasteiger partial charge in [0.15, 0.2) is 0 Å². The molecule has 0 unspecified atom stereocenters. The average Bonchev–Trinajstić information content (AvgIpc) is 3.32. The molecule has 0 atom stereocenters. The second-order valence-corrected chi connectivity index (χ2v) is 8.07. The van der Waals surface area contributed by atoms with E-state index in [0.29, 0.717) is 31.5 Å². The molecule has 1 N–H and O–H groups in total. The Bertz CT molecular complexity index is 1160. The Balaban J connectivity index is 1.57. The van der Waals surface area contributed by atoms with Gasteiger partial charge in [-0.2, -0.15) is 17.5 Å². The van der Waals surface area contributed by atoms with E-state index in [-0.39, 0.29) is 6.54 Å². The summed E-state index contributed by atoms with van der Waals surface area (Å²) in [7, 11) is 0. The van der Waals surface area contributed by atoms with Crippen molar-refractivity contribution in [1.82, 2.24) is 13.9 Å². The van der Waals surface area contributed by atoms with Crippen molar-refractivity contribution in [3.05, 3.63) is 70.9 Å². The third kappa shape index (κ3) is 4.34. The van der Waals surface area contributed by atoms with Crippen molar-refractivity contribution in [2.45, 2.75) is 17.6 Å². The summed E-state index contributed by atoms with van der Waals surface area (Å²) in [6.45, 7) is 0.222. The molecule has 0 saturated carbocycles. The minimum Gasteiger partial charge on any atom is -0.343 e. The molecule has 0 saturated heterocycles. The van der Waals surface area contributed by atoms with E-state index in [1.165, 1.54) is 24.5 Å². The Kier molecular flexibility index (Phi) is 5.41. The molecule has 4 nitrogen and oxygen atoms in total. The van der Waals surface area contributed by atoms with Gasteiger partial charge in [-0.1, -0.05) is 11.6 Å². The minimum atomic E-state index is -4.40. The normalized spacial score (nSPS) is 11.9. The second kappa shape index (κ2) is 7.85. The minimum absolute atomic E-state index is 0.222. The topological polar surface area (TPSA) is 42.7 Å². The van der Waals surface area contributed by atoms with E-state index >= 15 is 0 Å². The fourth-order valence-corrected chi connectivity index (χ4v) is 4.22. The SMILES string of the molecule is Fc1cc(Cn2ccc3cc(C(F)(F)F)ccc32)c(Cl)cc1SNc1ncns1. The highest BCUT2D eigenvalue weighted by Crippen LogP contribution is 2.33. The fraction of sp³-hybridized carbons (Fsp3) is 0.111. The number of anilines is 1. The van der Waals surface area contributed by atoms with Crippen molar-refractivity contribution < 1.29 is 17.6 Å². The molecule has 2 aromatic heterocycles. The number of alkyl halides is 3. The summed E-state index contributed by atoms with van der Waals surface area (Å²) in [5.74, 6) is -0.470. The number of hydrogen-bond acceptors (Lipinski definition) is 5. The molecule has 11 heteroatoms. The van der Waals surface area contributed by atoms with Crippen LogP contribution in [0.2, 0.25) is 5.02 Å². The van der Waals surface area contributed by atoms with E-state index < -0.39 is 17.6 Å². The molecular weight excluding hydrogens is 448 g/mol. The first kappa shape index (κ1) is 20.0. The van der Waals surface area contributed by atoms with Crippen LogP contribution in [0.5, 0.6) is 0 Å². The van der Waals surface area contributed by atoms with E-state index in [9.17, 15) is 17.6 Å². The summed E-state index contributed by atoms with van der Waals surface area (Å²) in [5.41, 5.74) is 0.406. The Morgan fingerprint density at radius 1 is 1.17 bits per heavy atom. The van der Waals surface area contributed by atoms with Crippen LogP contribution >= 0.6 is 35.1 Å². The monoisotopic (exact) mass is 458 g/mol. The number of fused-ring (bicyclic) bond motifs is 1. The first-order valence-electron chi connectivity index (χ1n) is 8.15. The van der Waals surface area contributed by atoms with Crippen LogP contribution in [-0.2, 0) is 12.7 Å². The van der Waals surface area contributed by atoms with Gasteiger partial charge in [0.25, 0.3) is 0 Å². The molecule has 4 aromatic rings. The van der Waals surface area contributed by atoms with Crippen LogP contribution < -0.4 is 4.72 Å². The highest BCUT2D eigenvalue weighted by atomic mass is 35.5. The number of rotatable bonds is 5. The standard InChI is InChI=1S/C18H11ClF4N4S2/c19-13-7-16(28-26-17-24-9-25-29-17)14(20)6-11(13)8-27-4-3-10-5-12(18(21,22)23)1-2-15(10)27/h1-7,9H,8H2,(H,24,25,26). The van der Waals surface area contributed by atoms with E-state index in [0.717, 1.165) is 35.6 Å². The van der Waals surface area contributed by atoms with Crippen LogP contribution in [0.4, 0.5) is 22.7 Å². The molecule has 29 heavy (non-hydrogen) atoms. The van der Waals surface area contributed by atoms with Crippen molar-refractivity contribution in [2.24, 2.45) is 0 Å². The Labute approximate surface area is 175 Å². The van der Waals surface area contributed by atoms with Gasteiger partial charge in [-0.25, -0.2) is 9.37 Å². The largest absolute Gasteiger partial charge is 0.416 e. The molecule has 0 aliphatic heterocycles. The molecule has 0 bridgehead atoms. The number of hydrogen-bond donors (Lipinski definition) is 1. The summed E-state index contributed by atoms with van der Waals surface area (Å²) in [6.07, 6.45) is -1.36. The maximum atomic E-state index is 14.5. The molecule has 0 amide bonds. The summed E-state index contributed by atoms with van der Waals surface area (Å²) in [4.78, 5) is 4.24. The lowest BCUT2D eigenvalue weighted by atomic mass is 10.1. The second-order valence-electron chi connectivity index (χ2n) is 6.04. The average molecular weight is 459 g/mol. The molecule has 4 rings (SSSR count). The maximum absolute atomic E-state index is 14.5. The summed E-state index contributed by atoms with van der Waals surface area (Å²) >= 11 is 8.49. The lowest BCUT2D eigenvalue weighted by Crippen LogP contribution is -2.05. The quantitative estimate of drug-likeness (QED) is 0.275. The van der Waals surface area contributed by atoms with Crippen molar-refractivity contribution in [2.75, 3.05) is 4.72 Å². The van der Waals surface area contributed by atoms with Gasteiger partial charge in [0.1, 0.15) is 12.1 Å². The molecule has 0 aliphatic rings. The van der Waals surface area contributed by atoms with Gasteiger partial charge in [-0.3, -0.25) is 0 Å². The summed E-state index contributed by atoms with van der Waals surface area (Å²) < 4.78 is 61.6. The highest BCUT2D eigenvalue weighted by molar-refractivity contribution is 8.00. The van der Waals surface area contributed by atoms with Gasteiger partial charge in [0.2, 0.25) is 5.13 Å². The van der Waals surface area contributed by atoms with Crippen LogP contribution in [0.3, 0.4) is 0 Å². The zero-order valence-electron chi connectivity index (χ0n) is 14.4. The lowest BCUT2D eigenvalue weighted by molar-refractivity contribution is -0.137. The van der Waals surface area contributed by atoms with Crippen LogP contribution in [-0.4, -0.2) is 13.9 Å². The van der Waals surface area contributed by atoms with Crippen LogP contribution in [0.25, 0.3) is 10.9 Å². The van der Waals surface area contributed by atoms with Gasteiger partial charge in [-0.15, -0.1) is 0 Å². The van der Waals surface area contributed by atoms with Crippen LogP contribution in [0, 0.1) is 5.82 Å². The Morgan fingerprint density at radius 2 is 2.00 bits per heavy atom. The predicted octanol–water partition coefficient (Wildman–Crippen LogP) is 6.47. The predicted molar refractivity (Wildman–Crippen MR) is 107 cm³/mol. The van der Waals surface area contributed by atoms with Crippen molar-refractivity contribution in [1.29, 1.82) is 0 Å². The fourth-order valence-electron chi connectivity index (χ4n) is 2.78. The molecule has 0 spiro atoms. The van der Waals surface area contributed by atoms with E-state index in [2.05, 4.69) is 14.1 Å². The summed E-state index contributed by atoms with van der Waals surface area (Å²) in [6, 6.07) is 7.93. The molecule has 0 radical (unpaired) electrons. The first-order chi connectivity index (χ1) is 13.8. The smallest absolute Gasteiger partial charge is 0.343 e. The highest BCUT2D eigenvalue weighted by Gasteiger charge is 2.30. The van der Waals surface area contributed by atoms with Crippen molar-refractivity contribution in [3.63, 3.8) is 0 Å². The van der Waals surface area contributed by atoms with Gasteiger partial charge >= 0.3 is 6.18 Å². The number of aromatic nitrogens is 3. The lowest BCUT2D eigenvalue weighted by Gasteiger charge is -2.11. The maximum Gasteiger partial charge on any atom is 0.416 e. The molecule has 2 heterocycles. The number of benzene rings is 2. The van der Waals surface area contributed by atoms with Crippen molar-refractivity contribution in [3.8, 4) is 0 Å². The van der Waals surface area contributed by atoms with E-state index in [1.54, 1.807) is 16.8 Å². The summed E-state index contributed by atoms with van der Waals surface area (Å²) in [5, 5.41) is 1.33.